The van der Waals surface area contributed by atoms with Gasteiger partial charge >= 0.3 is 17.4 Å². The van der Waals surface area contributed by atoms with Crippen LogP contribution in [0, 0.1) is 0 Å². The van der Waals surface area contributed by atoms with Gasteiger partial charge in [0.2, 0.25) is 0 Å². The number of rotatable bonds is 5. The van der Waals surface area contributed by atoms with E-state index in [0.717, 1.165) is 11.4 Å². The Hall–Kier alpha value is -1.92. The lowest BCUT2D eigenvalue weighted by Gasteiger charge is -2.30. The van der Waals surface area contributed by atoms with Gasteiger partial charge in [0.05, 0.1) is 27.6 Å². The molecule has 0 radical (unpaired) electrons. The minimum absolute atomic E-state index is 0.0102. The highest BCUT2D eigenvalue weighted by molar-refractivity contribution is 8.02. The maximum absolute atomic E-state index is 13.3. The Morgan fingerprint density at radius 1 is 1.32 bits per heavy atom. The Morgan fingerprint density at radius 2 is 1.97 bits per heavy atom. The quantitative estimate of drug-likeness (QED) is 0.346. The Morgan fingerprint density at radius 3 is 2.55 bits per heavy atom. The Kier molecular flexibility index (Phi) is 6.29. The van der Waals surface area contributed by atoms with E-state index in [4.69, 9.17) is 11.6 Å². The molecule has 1 aromatic rings. The van der Waals surface area contributed by atoms with E-state index in [1.807, 2.05) is 0 Å². The maximum Gasteiger partial charge on any atom is 0.464 e. The Balaban J connectivity index is 1.93. The molecule has 5 nitrogen and oxygen atoms in total. The van der Waals surface area contributed by atoms with Gasteiger partial charge in [-0.15, -0.1) is 22.9 Å². The second-order valence-corrected chi connectivity index (χ2v) is 9.65. The van der Waals surface area contributed by atoms with Crippen LogP contribution in [0.3, 0.4) is 0 Å². The summed E-state index contributed by atoms with van der Waals surface area (Å²) in [5.41, 5.74) is 0.715. The van der Waals surface area contributed by atoms with Crippen LogP contribution in [0.1, 0.15) is 30.1 Å². The van der Waals surface area contributed by atoms with Crippen LogP contribution in [0.5, 0.6) is 0 Å². The van der Waals surface area contributed by atoms with Gasteiger partial charge in [-0.25, -0.2) is 0 Å². The standard InChI is InChI=1S/C18H13ClF5NO4S2/c1-7-9(4-14(27)28)10-3-13(26)11(19)5-12(10)25(7)16(29)8-2-15(30-6-8)31-18(23,24)17(20,21)22/h2-3,6,11-12H,4-5H2,1H3,(H,27,28). The molecule has 2 unspecified atom stereocenters. The van der Waals surface area contributed by atoms with Gasteiger partial charge in [0.1, 0.15) is 0 Å². The van der Waals surface area contributed by atoms with E-state index in [1.54, 1.807) is 0 Å². The lowest BCUT2D eigenvalue weighted by atomic mass is 9.89. The summed E-state index contributed by atoms with van der Waals surface area (Å²) in [6, 6.07) is 0.185. The first-order chi connectivity index (χ1) is 14.2. The summed E-state index contributed by atoms with van der Waals surface area (Å²) < 4.78 is 63.5. The normalized spacial score (nSPS) is 22.0. The number of amides is 1. The molecule has 1 aliphatic carbocycles. The van der Waals surface area contributed by atoms with Crippen molar-refractivity contribution in [3.8, 4) is 0 Å². The number of allylic oxidation sites excluding steroid dienone is 2. The molecule has 0 saturated heterocycles. The zero-order valence-corrected chi connectivity index (χ0v) is 17.9. The monoisotopic (exact) mass is 501 g/mol. The van der Waals surface area contributed by atoms with Crippen LogP contribution in [0.25, 0.3) is 0 Å². The van der Waals surface area contributed by atoms with Crippen LogP contribution in [0.4, 0.5) is 22.0 Å². The van der Waals surface area contributed by atoms with Gasteiger partial charge in [-0.1, -0.05) is 0 Å². The van der Waals surface area contributed by atoms with Gasteiger partial charge < -0.3 is 10.0 Å². The third kappa shape index (κ3) is 4.51. The van der Waals surface area contributed by atoms with Crippen LogP contribution >= 0.6 is 34.7 Å². The number of ketones is 1. The maximum atomic E-state index is 13.3. The number of nitrogens with zero attached hydrogens (tertiary/aromatic N) is 1. The molecule has 0 bridgehead atoms. The van der Waals surface area contributed by atoms with E-state index in [1.165, 1.54) is 17.9 Å². The molecule has 0 fully saturated rings. The first kappa shape index (κ1) is 23.7. The highest BCUT2D eigenvalue weighted by Crippen LogP contribution is 2.49. The highest BCUT2D eigenvalue weighted by Gasteiger charge is 2.58. The molecule has 0 saturated carbocycles. The number of fused-ring (bicyclic) bond motifs is 1. The smallest absolute Gasteiger partial charge is 0.464 e. The number of halogens is 6. The molecule has 2 atom stereocenters. The summed E-state index contributed by atoms with van der Waals surface area (Å²) in [4.78, 5) is 37.5. The largest absolute Gasteiger partial charge is 0.481 e. The molecular formula is C18H13ClF5NO4S2. The predicted octanol–water partition coefficient (Wildman–Crippen LogP) is 5.08. The van der Waals surface area contributed by atoms with Crippen molar-refractivity contribution in [2.75, 3.05) is 0 Å². The van der Waals surface area contributed by atoms with E-state index in [0.29, 0.717) is 16.9 Å². The molecule has 2 aliphatic rings. The van der Waals surface area contributed by atoms with Crippen LogP contribution in [-0.2, 0) is 9.59 Å². The van der Waals surface area contributed by atoms with Crippen LogP contribution in [-0.4, -0.2) is 50.5 Å². The van der Waals surface area contributed by atoms with Crippen molar-refractivity contribution in [3.63, 3.8) is 0 Å². The van der Waals surface area contributed by atoms with Crippen molar-refractivity contribution in [1.29, 1.82) is 0 Å². The van der Waals surface area contributed by atoms with Crippen molar-refractivity contribution < 1.29 is 41.4 Å². The number of carbonyl (C=O) groups excluding carboxylic acids is 2. The fourth-order valence-corrected chi connectivity index (χ4v) is 5.42. The summed E-state index contributed by atoms with van der Waals surface area (Å²) in [5, 5.41) is 4.36. The predicted molar refractivity (Wildman–Crippen MR) is 103 cm³/mol. The Labute approximate surface area is 185 Å². The van der Waals surface area contributed by atoms with Crippen LogP contribution < -0.4 is 0 Å². The van der Waals surface area contributed by atoms with Gasteiger partial charge in [0.25, 0.3) is 5.91 Å². The van der Waals surface area contributed by atoms with Gasteiger partial charge in [-0.2, -0.15) is 22.0 Å². The third-order valence-corrected chi connectivity index (χ3v) is 7.24. The van der Waals surface area contributed by atoms with Crippen LogP contribution in [0.15, 0.2) is 38.6 Å². The lowest BCUT2D eigenvalue weighted by molar-refractivity contribution is -0.237. The number of carboxylic acid groups (broad SMARTS) is 1. The van der Waals surface area contributed by atoms with Crippen molar-refractivity contribution in [2.45, 2.75) is 46.8 Å². The van der Waals surface area contributed by atoms with E-state index >= 15 is 0 Å². The van der Waals surface area contributed by atoms with Crippen molar-refractivity contribution >= 4 is 52.4 Å². The first-order valence-electron chi connectivity index (χ1n) is 8.60. The van der Waals surface area contributed by atoms with Gasteiger partial charge in [-0.05, 0) is 48.4 Å². The van der Waals surface area contributed by atoms with Crippen molar-refractivity contribution in [1.82, 2.24) is 4.90 Å². The average Bonchev–Trinajstić information content (AvgIpc) is 3.18. The fourth-order valence-electron chi connectivity index (χ4n) is 3.38. The van der Waals surface area contributed by atoms with Gasteiger partial charge in [-0.3, -0.25) is 14.4 Å². The SMILES string of the molecule is CC1=C(CC(=O)O)C2=CC(=O)C(Cl)CC2N1C(=O)c1csc(SC(F)(F)C(F)(F)F)c1. The van der Waals surface area contributed by atoms with E-state index in [9.17, 15) is 41.4 Å². The number of carbonyl (C=O) groups is 3. The molecular weight excluding hydrogens is 489 g/mol. The minimum atomic E-state index is -5.75. The summed E-state index contributed by atoms with van der Waals surface area (Å²) >= 11 is 5.85. The number of hydrogen-bond acceptors (Lipinski definition) is 5. The number of thioether (sulfide) groups is 1. The number of alkyl halides is 6. The summed E-state index contributed by atoms with van der Waals surface area (Å²) in [5.74, 6) is -2.33. The topological polar surface area (TPSA) is 74.7 Å². The fraction of sp³-hybridized carbons (Fsp3) is 0.389. The summed E-state index contributed by atoms with van der Waals surface area (Å²) in [6.45, 7) is 1.48. The summed E-state index contributed by atoms with van der Waals surface area (Å²) in [7, 11) is 0. The average molecular weight is 502 g/mol. The Bertz CT molecular complexity index is 1020. The molecule has 1 amide bonds. The van der Waals surface area contributed by atoms with Crippen molar-refractivity contribution in [3.05, 3.63) is 39.9 Å². The molecule has 0 spiro atoms. The number of hydrogen-bond donors (Lipinski definition) is 1. The lowest BCUT2D eigenvalue weighted by Crippen LogP contribution is -2.40. The van der Waals surface area contributed by atoms with Crippen molar-refractivity contribution in [2.24, 2.45) is 0 Å². The molecule has 2 heterocycles. The molecule has 0 aromatic carbocycles. The second-order valence-electron chi connectivity index (χ2n) is 6.80. The van der Waals surface area contributed by atoms with Gasteiger partial charge in [0, 0.05) is 11.1 Å². The van der Waals surface area contributed by atoms with E-state index < -0.39 is 62.9 Å². The minimum Gasteiger partial charge on any atom is -0.481 e. The van der Waals surface area contributed by atoms with Gasteiger partial charge in [0.15, 0.2) is 5.78 Å². The zero-order chi connectivity index (χ0) is 23.3. The molecule has 3 rings (SSSR count). The molecule has 13 heteroatoms. The second kappa shape index (κ2) is 8.21. The first-order valence-corrected chi connectivity index (χ1v) is 10.7. The number of thiophene rings is 1. The summed E-state index contributed by atoms with van der Waals surface area (Å²) in [6.07, 6.45) is -5.01. The molecule has 168 valence electrons. The molecule has 1 N–H and O–H groups in total. The van der Waals surface area contributed by atoms with E-state index in [2.05, 4.69) is 0 Å². The molecule has 31 heavy (non-hydrogen) atoms. The zero-order valence-electron chi connectivity index (χ0n) is 15.5. The number of aliphatic carboxylic acids is 1. The number of carboxylic acids is 1. The molecule has 1 aliphatic heterocycles. The highest BCUT2D eigenvalue weighted by atomic mass is 35.5. The van der Waals surface area contributed by atoms with E-state index in [-0.39, 0.29) is 23.3 Å². The third-order valence-electron chi connectivity index (χ3n) is 4.78. The molecule has 1 aromatic heterocycles. The van der Waals surface area contributed by atoms with Crippen LogP contribution in [0.2, 0.25) is 0 Å².